The Balaban J connectivity index is 1.25. The van der Waals surface area contributed by atoms with E-state index in [0.29, 0.717) is 43.8 Å². The number of aromatic hydroxyl groups is 1. The molecule has 3 N–H and O–H groups in total. The van der Waals surface area contributed by atoms with Gasteiger partial charge in [0, 0.05) is 62.9 Å². The Morgan fingerprint density at radius 3 is 2.53 bits per heavy atom. The molecule has 3 aromatic rings. The number of carbonyl (C=O) groups excluding carboxylic acids is 5. The number of amides is 5. The first-order valence-electron chi connectivity index (χ1n) is 19.3. The molecular weight excluding hydrogens is 704 g/mol. The molecular formula is C41H50N6O8. The van der Waals surface area contributed by atoms with Crippen LogP contribution in [0.5, 0.6) is 5.75 Å². The zero-order valence-electron chi connectivity index (χ0n) is 31.5. The third-order valence-corrected chi connectivity index (χ3v) is 11.2. The van der Waals surface area contributed by atoms with Crippen molar-refractivity contribution < 1.29 is 38.6 Å². The van der Waals surface area contributed by atoms with Gasteiger partial charge in [-0.25, -0.2) is 10.2 Å². The number of aryl methyl sites for hydroxylation is 1. The molecule has 292 valence electrons. The molecule has 0 aliphatic carbocycles. The van der Waals surface area contributed by atoms with Gasteiger partial charge in [0.2, 0.25) is 5.91 Å². The Hall–Kier alpha value is -5.21. The highest BCUT2D eigenvalue weighted by molar-refractivity contribution is 6.02. The lowest BCUT2D eigenvalue weighted by Gasteiger charge is -2.36. The molecule has 2 aromatic carbocycles. The van der Waals surface area contributed by atoms with Gasteiger partial charge in [0.05, 0.1) is 6.61 Å². The van der Waals surface area contributed by atoms with E-state index >= 15 is 0 Å². The maximum atomic E-state index is 14.4. The van der Waals surface area contributed by atoms with Gasteiger partial charge in [0.25, 0.3) is 11.8 Å². The normalized spacial score (nSPS) is 22.1. The van der Waals surface area contributed by atoms with E-state index in [9.17, 15) is 29.1 Å². The number of hydrogen-bond donors (Lipinski definition) is 3. The summed E-state index contributed by atoms with van der Waals surface area (Å²) in [6.07, 6.45) is 6.75. The number of ether oxygens (including phenoxy) is 2. The summed E-state index contributed by atoms with van der Waals surface area (Å²) in [6.45, 7) is 9.89. The zero-order valence-corrected chi connectivity index (χ0v) is 31.5. The van der Waals surface area contributed by atoms with Gasteiger partial charge < -0.3 is 29.4 Å². The van der Waals surface area contributed by atoms with E-state index in [1.54, 1.807) is 26.0 Å². The average molecular weight is 755 g/mol. The minimum absolute atomic E-state index is 0.00558. The lowest BCUT2D eigenvalue weighted by atomic mass is 9.91. The van der Waals surface area contributed by atoms with Crippen LogP contribution in [-0.4, -0.2) is 112 Å². The second-order valence-corrected chi connectivity index (χ2v) is 15.2. The predicted molar refractivity (Wildman–Crippen MR) is 204 cm³/mol. The number of imide groups is 1. The number of fused-ring (bicyclic) bond motifs is 6. The molecule has 14 nitrogen and oxygen atoms in total. The van der Waals surface area contributed by atoms with E-state index in [1.807, 2.05) is 12.1 Å². The molecule has 0 spiro atoms. The number of aromatic nitrogens is 1. The number of phenolic OH excluding ortho intramolecular Hbond substituents is 1. The number of rotatable bonds is 6. The number of hydrogen-bond acceptors (Lipinski definition) is 9. The number of cyclic esters (lactones) is 1. The summed E-state index contributed by atoms with van der Waals surface area (Å²) in [4.78, 5) is 69.9. The van der Waals surface area contributed by atoms with Crippen molar-refractivity contribution in [2.45, 2.75) is 83.0 Å². The van der Waals surface area contributed by atoms with Crippen LogP contribution in [0.25, 0.3) is 22.0 Å². The van der Waals surface area contributed by atoms with E-state index in [4.69, 9.17) is 9.47 Å². The summed E-state index contributed by atoms with van der Waals surface area (Å²) >= 11 is 0. The van der Waals surface area contributed by atoms with Gasteiger partial charge in [0.1, 0.15) is 23.9 Å². The zero-order chi connectivity index (χ0) is 38.8. The van der Waals surface area contributed by atoms with E-state index in [1.165, 1.54) is 15.5 Å². The van der Waals surface area contributed by atoms with Crippen molar-refractivity contribution >= 4 is 40.6 Å². The Morgan fingerprint density at radius 2 is 1.76 bits per heavy atom. The van der Waals surface area contributed by atoms with Crippen LogP contribution >= 0.6 is 0 Å². The largest absolute Gasteiger partial charge is 0.508 e. The van der Waals surface area contributed by atoms with Crippen molar-refractivity contribution in [2.24, 2.45) is 5.92 Å². The van der Waals surface area contributed by atoms with Crippen molar-refractivity contribution in [1.29, 1.82) is 0 Å². The second kappa shape index (κ2) is 16.3. The Morgan fingerprint density at radius 1 is 0.964 bits per heavy atom. The number of urea groups is 1. The number of benzene rings is 2. The van der Waals surface area contributed by atoms with E-state index in [-0.39, 0.29) is 37.8 Å². The molecule has 0 radical (unpaired) electrons. The van der Waals surface area contributed by atoms with Gasteiger partial charge >= 0.3 is 12.0 Å². The van der Waals surface area contributed by atoms with Crippen molar-refractivity contribution in [3.63, 3.8) is 0 Å². The molecule has 14 heteroatoms. The standard InChI is InChI=1S/C41H50N6O8/c1-4-36(49)45-14-15-46(41(45)53)37(25(2)3)38(50)42-34-21-26-19-29(22-30(48)20-26)28-8-9-31-32(27-10-17-54-18-11-27)24-44(35(31)23-28)12-6-16-55-40(52)33-7-5-13-47(43-33)39(34)51/h4,8-9,19-20,22-25,27,33-34,37,43,48H,1,5-7,10-18,21H2,2-3H3,(H,42,50)/t33-,34-,37?/m0/s1. The quantitative estimate of drug-likeness (QED) is 0.251. The van der Waals surface area contributed by atoms with Crippen LogP contribution in [0.1, 0.15) is 63.0 Å². The Bertz CT molecular complexity index is 1990. The summed E-state index contributed by atoms with van der Waals surface area (Å²) in [5.41, 5.74) is 7.57. The fraction of sp³-hybridized carbons (Fsp3) is 0.488. The number of nitrogens with one attached hydrogen (secondary N) is 2. The highest BCUT2D eigenvalue weighted by Crippen LogP contribution is 2.37. The minimum Gasteiger partial charge on any atom is -0.508 e. The molecule has 4 aliphatic rings. The van der Waals surface area contributed by atoms with Crippen molar-refractivity contribution in [2.75, 3.05) is 39.5 Å². The van der Waals surface area contributed by atoms with Crippen LogP contribution in [0, 0.1) is 5.92 Å². The third kappa shape index (κ3) is 7.97. The molecule has 55 heavy (non-hydrogen) atoms. The molecule has 3 fully saturated rings. The molecule has 3 atom stereocenters. The molecule has 5 amide bonds. The maximum Gasteiger partial charge on any atom is 0.327 e. The second-order valence-electron chi connectivity index (χ2n) is 15.2. The fourth-order valence-corrected chi connectivity index (χ4v) is 8.41. The van der Waals surface area contributed by atoms with Gasteiger partial charge in [-0.1, -0.05) is 38.6 Å². The van der Waals surface area contributed by atoms with Gasteiger partial charge in [-0.15, -0.1) is 0 Å². The Kier molecular flexibility index (Phi) is 11.3. The molecule has 0 saturated carbocycles. The van der Waals surface area contributed by atoms with E-state index in [2.05, 4.69) is 40.2 Å². The van der Waals surface area contributed by atoms with Gasteiger partial charge in [0.15, 0.2) is 0 Å². The summed E-state index contributed by atoms with van der Waals surface area (Å²) < 4.78 is 13.6. The van der Waals surface area contributed by atoms with Gasteiger partial charge in [-0.05, 0) is 90.5 Å². The number of carbonyl (C=O) groups is 5. The maximum absolute atomic E-state index is 14.4. The third-order valence-electron chi connectivity index (χ3n) is 11.2. The predicted octanol–water partition coefficient (Wildman–Crippen LogP) is 3.85. The van der Waals surface area contributed by atoms with Crippen LogP contribution in [-0.2, 0) is 41.6 Å². The van der Waals surface area contributed by atoms with Crippen molar-refractivity contribution in [3.8, 4) is 16.9 Å². The van der Waals surface area contributed by atoms with Crippen molar-refractivity contribution in [3.05, 3.63) is 66.4 Å². The van der Waals surface area contributed by atoms with E-state index < -0.39 is 47.8 Å². The summed E-state index contributed by atoms with van der Waals surface area (Å²) in [5.74, 6) is -2.03. The number of nitrogens with zero attached hydrogens (tertiary/aromatic N) is 4. The topological polar surface area (TPSA) is 163 Å². The summed E-state index contributed by atoms with van der Waals surface area (Å²) in [5, 5.41) is 16.5. The monoisotopic (exact) mass is 754 g/mol. The van der Waals surface area contributed by atoms with Crippen LogP contribution in [0.2, 0.25) is 0 Å². The first-order chi connectivity index (χ1) is 26.5. The average Bonchev–Trinajstić information content (AvgIpc) is 3.74. The highest BCUT2D eigenvalue weighted by atomic mass is 16.5. The molecule has 7 rings (SSSR count). The first kappa shape index (κ1) is 38.1. The van der Waals surface area contributed by atoms with Crippen molar-refractivity contribution in [1.82, 2.24) is 30.1 Å². The lowest BCUT2D eigenvalue weighted by Crippen LogP contribution is -2.62. The van der Waals surface area contributed by atoms with Crippen LogP contribution in [0.15, 0.2) is 55.3 Å². The van der Waals surface area contributed by atoms with Gasteiger partial charge in [-0.2, -0.15) is 0 Å². The minimum atomic E-state index is -1.14. The number of phenols is 1. The lowest BCUT2D eigenvalue weighted by molar-refractivity contribution is -0.153. The Labute approximate surface area is 320 Å². The van der Waals surface area contributed by atoms with Crippen LogP contribution < -0.4 is 10.7 Å². The fourth-order valence-electron chi connectivity index (χ4n) is 8.41. The van der Waals surface area contributed by atoms with Crippen LogP contribution in [0.3, 0.4) is 0 Å². The SMILES string of the molecule is C=CC(=O)N1CCN(C(C(=O)N[C@H]2Cc3cc(O)cc(c3)-c3ccc4c(C5CCOCC5)cn(c4c3)CCCOC(=O)[C@@H]3CCCN(N3)C2=O)C(C)C)C1=O. The van der Waals surface area contributed by atoms with Gasteiger partial charge in [-0.3, -0.25) is 29.1 Å². The number of esters is 1. The first-order valence-corrected chi connectivity index (χ1v) is 19.3. The van der Waals surface area contributed by atoms with E-state index in [0.717, 1.165) is 59.1 Å². The summed E-state index contributed by atoms with van der Waals surface area (Å²) in [7, 11) is 0. The van der Waals surface area contributed by atoms with Crippen LogP contribution in [0.4, 0.5) is 4.79 Å². The molecule has 4 aliphatic heterocycles. The molecule has 6 bridgehead atoms. The smallest absolute Gasteiger partial charge is 0.327 e. The summed E-state index contributed by atoms with van der Waals surface area (Å²) in [6, 6.07) is 7.96. The molecule has 1 aromatic heterocycles. The highest BCUT2D eigenvalue weighted by Gasteiger charge is 2.42. The number of hydrazine groups is 1. The molecule has 3 saturated heterocycles. The molecule has 5 heterocycles. The molecule has 1 unspecified atom stereocenters.